The van der Waals surface area contributed by atoms with E-state index in [9.17, 15) is 0 Å². The van der Waals surface area contributed by atoms with Gasteiger partial charge in [0.25, 0.3) is 0 Å². The first-order chi connectivity index (χ1) is 9.22. The first kappa shape index (κ1) is 12.4. The molecule has 3 rings (SSSR count). The average Bonchev–Trinajstić information content (AvgIpc) is 2.81. The number of hydrogen-bond acceptors (Lipinski definition) is 4. The number of aryl methyl sites for hydroxylation is 1. The summed E-state index contributed by atoms with van der Waals surface area (Å²) in [6, 6.07) is 7.70. The maximum Gasteiger partial charge on any atom is 0.0898 e. The van der Waals surface area contributed by atoms with Crippen LogP contribution < -0.4 is 5.32 Å². The number of anilines is 1. The van der Waals surface area contributed by atoms with Crippen molar-refractivity contribution >= 4 is 39.5 Å². The Balaban J connectivity index is 1.88. The van der Waals surface area contributed by atoms with Crippen LogP contribution in [0.5, 0.6) is 0 Å². The topological polar surface area (TPSA) is 37.8 Å². The normalized spacial score (nSPS) is 10.8. The van der Waals surface area contributed by atoms with Crippen molar-refractivity contribution in [3.8, 4) is 0 Å². The van der Waals surface area contributed by atoms with Crippen molar-refractivity contribution < 1.29 is 0 Å². The van der Waals surface area contributed by atoms with Crippen LogP contribution >= 0.6 is 22.9 Å². The molecule has 2 aromatic heterocycles. The molecule has 0 fully saturated rings. The second-order valence-corrected chi connectivity index (χ2v) is 5.73. The summed E-state index contributed by atoms with van der Waals surface area (Å²) < 4.78 is 0. The molecule has 19 heavy (non-hydrogen) atoms. The van der Waals surface area contributed by atoms with Gasteiger partial charge in [0.05, 0.1) is 22.8 Å². The molecule has 0 bridgehead atoms. The van der Waals surface area contributed by atoms with Crippen LogP contribution in [0.4, 0.5) is 5.69 Å². The van der Waals surface area contributed by atoms with Gasteiger partial charge >= 0.3 is 0 Å². The van der Waals surface area contributed by atoms with Gasteiger partial charge in [-0.05, 0) is 31.2 Å². The van der Waals surface area contributed by atoms with Crippen LogP contribution in [0.25, 0.3) is 10.9 Å². The zero-order valence-corrected chi connectivity index (χ0v) is 11.9. The average molecular weight is 290 g/mol. The number of rotatable bonds is 3. The summed E-state index contributed by atoms with van der Waals surface area (Å²) in [7, 11) is 0. The third-order valence-electron chi connectivity index (χ3n) is 2.83. The van der Waals surface area contributed by atoms with E-state index >= 15 is 0 Å². The Morgan fingerprint density at radius 3 is 3.00 bits per heavy atom. The van der Waals surface area contributed by atoms with E-state index in [1.165, 1.54) is 0 Å². The fourth-order valence-electron chi connectivity index (χ4n) is 1.95. The van der Waals surface area contributed by atoms with Crippen LogP contribution in [0.1, 0.15) is 10.7 Å². The number of benzene rings is 1. The molecule has 0 saturated heterocycles. The molecule has 0 radical (unpaired) electrons. The zero-order chi connectivity index (χ0) is 13.2. The number of thiazole rings is 1. The van der Waals surface area contributed by atoms with Crippen LogP contribution in [-0.4, -0.2) is 9.97 Å². The highest BCUT2D eigenvalue weighted by atomic mass is 35.5. The Labute approximate surface area is 120 Å². The summed E-state index contributed by atoms with van der Waals surface area (Å²) in [5, 5.41) is 8.33. The molecular weight excluding hydrogens is 278 g/mol. The van der Waals surface area contributed by atoms with Crippen LogP contribution in [0.15, 0.2) is 35.8 Å². The lowest BCUT2D eigenvalue weighted by molar-refractivity contribution is 1.06. The van der Waals surface area contributed by atoms with E-state index in [0.717, 1.165) is 27.3 Å². The summed E-state index contributed by atoms with van der Waals surface area (Å²) >= 11 is 7.64. The molecular formula is C14H12ClN3S. The van der Waals surface area contributed by atoms with Gasteiger partial charge in [0.1, 0.15) is 0 Å². The van der Waals surface area contributed by atoms with Gasteiger partial charge in [-0.25, -0.2) is 4.98 Å². The van der Waals surface area contributed by atoms with E-state index < -0.39 is 0 Å². The SMILES string of the molecule is Cc1nc(CNc2ccnc3cc(Cl)ccc23)cs1. The summed E-state index contributed by atoms with van der Waals surface area (Å²) in [5.74, 6) is 0. The molecule has 2 heterocycles. The van der Waals surface area contributed by atoms with Crippen molar-refractivity contribution in [2.45, 2.75) is 13.5 Å². The van der Waals surface area contributed by atoms with Gasteiger partial charge in [-0.15, -0.1) is 11.3 Å². The molecule has 0 amide bonds. The van der Waals surface area contributed by atoms with Crippen molar-refractivity contribution in [3.05, 3.63) is 51.6 Å². The van der Waals surface area contributed by atoms with Gasteiger partial charge < -0.3 is 5.32 Å². The Hall–Kier alpha value is -1.65. The van der Waals surface area contributed by atoms with Gasteiger partial charge in [-0.1, -0.05) is 11.6 Å². The number of nitrogens with one attached hydrogen (secondary N) is 1. The molecule has 1 aromatic carbocycles. The van der Waals surface area contributed by atoms with Crippen LogP contribution in [0.3, 0.4) is 0 Å². The highest BCUT2D eigenvalue weighted by Gasteiger charge is 2.03. The molecule has 0 aliphatic heterocycles. The second-order valence-electron chi connectivity index (χ2n) is 4.23. The minimum Gasteiger partial charge on any atom is -0.379 e. The minimum absolute atomic E-state index is 0.701. The first-order valence-corrected chi connectivity index (χ1v) is 7.17. The molecule has 96 valence electrons. The maximum atomic E-state index is 5.98. The number of hydrogen-bond donors (Lipinski definition) is 1. The third-order valence-corrected chi connectivity index (χ3v) is 3.89. The van der Waals surface area contributed by atoms with Gasteiger partial charge in [-0.3, -0.25) is 4.98 Å². The van der Waals surface area contributed by atoms with Crippen LogP contribution in [-0.2, 0) is 6.54 Å². The van der Waals surface area contributed by atoms with Gasteiger partial charge in [0, 0.05) is 27.7 Å². The largest absolute Gasteiger partial charge is 0.379 e. The van der Waals surface area contributed by atoms with Crippen LogP contribution in [0.2, 0.25) is 5.02 Å². The Morgan fingerprint density at radius 1 is 1.32 bits per heavy atom. The minimum atomic E-state index is 0.701. The predicted molar refractivity (Wildman–Crippen MR) is 80.9 cm³/mol. The van der Waals surface area contributed by atoms with Gasteiger partial charge in [-0.2, -0.15) is 0 Å². The summed E-state index contributed by atoms with van der Waals surface area (Å²) in [5.41, 5.74) is 3.00. The van der Waals surface area contributed by atoms with E-state index in [-0.39, 0.29) is 0 Å². The molecule has 1 N–H and O–H groups in total. The highest BCUT2D eigenvalue weighted by Crippen LogP contribution is 2.24. The van der Waals surface area contributed by atoms with Gasteiger partial charge in [0.2, 0.25) is 0 Å². The lowest BCUT2D eigenvalue weighted by Gasteiger charge is -2.08. The monoisotopic (exact) mass is 289 g/mol. The molecule has 0 spiro atoms. The smallest absolute Gasteiger partial charge is 0.0898 e. The number of pyridine rings is 1. The van der Waals surface area contributed by atoms with E-state index in [1.54, 1.807) is 17.5 Å². The maximum absolute atomic E-state index is 5.98. The standard InChI is InChI=1S/C14H12ClN3S/c1-9-18-11(8-19-9)7-17-13-4-5-16-14-6-10(15)2-3-12(13)14/h2-6,8H,7H2,1H3,(H,16,17). The predicted octanol–water partition coefficient (Wildman–Crippen LogP) is 4.27. The van der Waals surface area contributed by atoms with E-state index in [2.05, 4.69) is 20.7 Å². The van der Waals surface area contributed by atoms with Gasteiger partial charge in [0.15, 0.2) is 0 Å². The summed E-state index contributed by atoms with van der Waals surface area (Å²) in [6.07, 6.45) is 1.79. The summed E-state index contributed by atoms with van der Waals surface area (Å²) in [6.45, 7) is 2.73. The van der Waals surface area contributed by atoms with E-state index in [0.29, 0.717) is 11.6 Å². The Kier molecular flexibility index (Phi) is 3.36. The third kappa shape index (κ3) is 2.69. The molecule has 0 aliphatic rings. The van der Waals surface area contributed by atoms with Crippen molar-refractivity contribution in [2.75, 3.05) is 5.32 Å². The fourth-order valence-corrected chi connectivity index (χ4v) is 2.73. The number of aromatic nitrogens is 2. The molecule has 3 nitrogen and oxygen atoms in total. The summed E-state index contributed by atoms with van der Waals surface area (Å²) in [4.78, 5) is 8.76. The molecule has 0 saturated carbocycles. The number of halogens is 1. The first-order valence-electron chi connectivity index (χ1n) is 5.91. The number of nitrogens with zero attached hydrogens (tertiary/aromatic N) is 2. The molecule has 0 unspecified atom stereocenters. The van der Waals surface area contributed by atoms with Crippen molar-refractivity contribution in [2.24, 2.45) is 0 Å². The molecule has 0 atom stereocenters. The molecule has 0 aliphatic carbocycles. The van der Waals surface area contributed by atoms with E-state index in [1.807, 2.05) is 31.2 Å². The van der Waals surface area contributed by atoms with Crippen molar-refractivity contribution in [3.63, 3.8) is 0 Å². The Bertz CT molecular complexity index is 724. The van der Waals surface area contributed by atoms with Crippen molar-refractivity contribution in [1.82, 2.24) is 9.97 Å². The van der Waals surface area contributed by atoms with Crippen molar-refractivity contribution in [1.29, 1.82) is 0 Å². The van der Waals surface area contributed by atoms with Crippen LogP contribution in [0, 0.1) is 6.92 Å². The zero-order valence-electron chi connectivity index (χ0n) is 10.4. The Morgan fingerprint density at radius 2 is 2.21 bits per heavy atom. The lowest BCUT2D eigenvalue weighted by Crippen LogP contribution is -2.00. The van der Waals surface area contributed by atoms with E-state index in [4.69, 9.17) is 11.6 Å². The number of fused-ring (bicyclic) bond motifs is 1. The molecule has 3 aromatic rings. The second kappa shape index (κ2) is 5.15. The lowest BCUT2D eigenvalue weighted by atomic mass is 10.2. The fraction of sp³-hybridized carbons (Fsp3) is 0.143. The molecule has 5 heteroatoms. The quantitative estimate of drug-likeness (QED) is 0.782. The highest BCUT2D eigenvalue weighted by molar-refractivity contribution is 7.09.